The van der Waals surface area contributed by atoms with E-state index in [0.29, 0.717) is 39.3 Å². The van der Waals surface area contributed by atoms with Crippen LogP contribution < -0.4 is 10.1 Å². The lowest BCUT2D eigenvalue weighted by atomic mass is 10.0. The van der Waals surface area contributed by atoms with Gasteiger partial charge in [0.05, 0.1) is 5.02 Å². The molecule has 1 unspecified atom stereocenters. The first-order valence-electron chi connectivity index (χ1n) is 11.8. The second-order valence-corrected chi connectivity index (χ2v) is 11.1. The zero-order chi connectivity index (χ0) is 26.9. The van der Waals surface area contributed by atoms with Gasteiger partial charge in [-0.15, -0.1) is 0 Å². The smallest absolute Gasteiger partial charge is 0.261 e. The Morgan fingerprint density at radius 1 is 0.973 bits per heavy atom. The molecule has 0 aromatic heterocycles. The van der Waals surface area contributed by atoms with Gasteiger partial charge in [-0.2, -0.15) is 0 Å². The molecule has 37 heavy (non-hydrogen) atoms. The molecule has 1 N–H and O–H groups in total. The number of amides is 2. The molecular formula is C28H28BrCl3N2O3. The van der Waals surface area contributed by atoms with Gasteiger partial charge in [0.15, 0.2) is 6.61 Å². The summed E-state index contributed by atoms with van der Waals surface area (Å²) in [5.41, 5.74) is 1.58. The maximum atomic E-state index is 13.7. The Morgan fingerprint density at radius 3 is 2.35 bits per heavy atom. The van der Waals surface area contributed by atoms with E-state index in [2.05, 4.69) is 21.2 Å². The van der Waals surface area contributed by atoms with Gasteiger partial charge >= 0.3 is 0 Å². The van der Waals surface area contributed by atoms with Gasteiger partial charge in [-0.1, -0.05) is 101 Å². The minimum atomic E-state index is -0.801. The van der Waals surface area contributed by atoms with E-state index >= 15 is 0 Å². The third-order valence-corrected chi connectivity index (χ3v) is 6.93. The second-order valence-electron chi connectivity index (χ2n) is 8.97. The van der Waals surface area contributed by atoms with Gasteiger partial charge < -0.3 is 15.0 Å². The van der Waals surface area contributed by atoms with Crippen LogP contribution in [0.1, 0.15) is 25.0 Å². The predicted molar refractivity (Wildman–Crippen MR) is 153 cm³/mol. The predicted octanol–water partition coefficient (Wildman–Crippen LogP) is 7.20. The number of benzene rings is 3. The molecular weight excluding hydrogens is 599 g/mol. The molecule has 0 radical (unpaired) electrons. The molecule has 0 aliphatic heterocycles. The number of hydrogen-bond acceptors (Lipinski definition) is 3. The van der Waals surface area contributed by atoms with Crippen LogP contribution in [0.15, 0.2) is 71.2 Å². The van der Waals surface area contributed by atoms with Crippen molar-refractivity contribution in [3.05, 3.63) is 97.4 Å². The van der Waals surface area contributed by atoms with E-state index in [1.165, 1.54) is 4.90 Å². The highest BCUT2D eigenvalue weighted by Gasteiger charge is 2.31. The van der Waals surface area contributed by atoms with Crippen LogP contribution in [-0.4, -0.2) is 35.9 Å². The third kappa shape index (κ3) is 8.92. The van der Waals surface area contributed by atoms with E-state index < -0.39 is 6.04 Å². The molecule has 9 heteroatoms. The van der Waals surface area contributed by atoms with Crippen molar-refractivity contribution in [2.24, 2.45) is 5.92 Å². The lowest BCUT2D eigenvalue weighted by Crippen LogP contribution is -2.52. The molecule has 196 valence electrons. The Balaban J connectivity index is 1.94. The van der Waals surface area contributed by atoms with Crippen molar-refractivity contribution in [1.29, 1.82) is 0 Å². The molecule has 0 heterocycles. The average Bonchev–Trinajstić information content (AvgIpc) is 2.85. The first-order valence-corrected chi connectivity index (χ1v) is 13.7. The Hall–Kier alpha value is -2.25. The zero-order valence-corrected chi connectivity index (χ0v) is 24.4. The van der Waals surface area contributed by atoms with Crippen LogP contribution in [0, 0.1) is 5.92 Å². The van der Waals surface area contributed by atoms with Crippen LogP contribution in [0.25, 0.3) is 0 Å². The monoisotopic (exact) mass is 624 g/mol. The van der Waals surface area contributed by atoms with Crippen molar-refractivity contribution in [3.8, 4) is 5.75 Å². The maximum Gasteiger partial charge on any atom is 0.261 e. The van der Waals surface area contributed by atoms with Crippen LogP contribution in [0.4, 0.5) is 0 Å². The van der Waals surface area contributed by atoms with E-state index in [1.54, 1.807) is 36.4 Å². The van der Waals surface area contributed by atoms with Crippen LogP contribution >= 0.6 is 50.7 Å². The molecule has 0 aliphatic carbocycles. The number of ether oxygens (including phenoxy) is 1. The van der Waals surface area contributed by atoms with E-state index in [1.807, 2.05) is 44.2 Å². The Bertz CT molecular complexity index is 1220. The summed E-state index contributed by atoms with van der Waals surface area (Å²) in [6.07, 6.45) is 0.320. The molecule has 0 saturated heterocycles. The number of nitrogens with one attached hydrogen (secondary N) is 1. The molecule has 2 amide bonds. The molecule has 5 nitrogen and oxygen atoms in total. The summed E-state index contributed by atoms with van der Waals surface area (Å²) >= 11 is 22.2. The van der Waals surface area contributed by atoms with Gasteiger partial charge in [-0.25, -0.2) is 0 Å². The second kappa shape index (κ2) is 14.1. The van der Waals surface area contributed by atoms with Gasteiger partial charge in [0.1, 0.15) is 11.8 Å². The van der Waals surface area contributed by atoms with Gasteiger partial charge in [-0.05, 0) is 47.4 Å². The van der Waals surface area contributed by atoms with Gasteiger partial charge in [-0.3, -0.25) is 9.59 Å². The van der Waals surface area contributed by atoms with E-state index in [0.717, 1.165) is 10.0 Å². The fraction of sp³-hybridized carbons (Fsp3) is 0.286. The lowest BCUT2D eigenvalue weighted by Gasteiger charge is -2.32. The topological polar surface area (TPSA) is 58.6 Å². The van der Waals surface area contributed by atoms with Crippen molar-refractivity contribution in [3.63, 3.8) is 0 Å². The zero-order valence-electron chi connectivity index (χ0n) is 20.5. The molecule has 3 aromatic rings. The van der Waals surface area contributed by atoms with Crippen LogP contribution in [-0.2, 0) is 22.6 Å². The lowest BCUT2D eigenvalue weighted by molar-refractivity contribution is -0.142. The number of carbonyl (C=O) groups excluding carboxylic acids is 2. The normalized spacial score (nSPS) is 11.8. The molecule has 0 aliphatic rings. The summed E-state index contributed by atoms with van der Waals surface area (Å²) in [4.78, 5) is 28.6. The molecule has 0 saturated carbocycles. The number of halogens is 4. The van der Waals surface area contributed by atoms with Crippen LogP contribution in [0.3, 0.4) is 0 Å². The molecule has 0 fully saturated rings. The van der Waals surface area contributed by atoms with Crippen molar-refractivity contribution >= 4 is 62.5 Å². The minimum absolute atomic E-state index is 0.0961. The SMILES string of the molecule is CC(C)CNC(=O)C(Cc1ccccc1)N(Cc1ccc(Cl)cc1Cl)C(=O)COc1ccc(Br)cc1Cl. The van der Waals surface area contributed by atoms with Gasteiger partial charge in [0.2, 0.25) is 5.91 Å². The highest BCUT2D eigenvalue weighted by molar-refractivity contribution is 9.10. The standard InChI is InChI=1S/C28H28BrCl3N2O3/c1-18(2)15-33-28(36)25(12-19-6-4-3-5-7-19)34(16-20-8-10-22(30)14-23(20)31)27(35)17-37-26-11-9-21(29)13-24(26)32/h3-11,13-14,18,25H,12,15-17H2,1-2H3,(H,33,36). The number of hydrogen-bond donors (Lipinski definition) is 1. The van der Waals surface area contributed by atoms with E-state index in [9.17, 15) is 9.59 Å². The Labute approximate surface area is 241 Å². The van der Waals surface area contributed by atoms with E-state index in [4.69, 9.17) is 39.5 Å². The summed E-state index contributed by atoms with van der Waals surface area (Å²) in [5.74, 6) is -0.0195. The molecule has 3 aromatic carbocycles. The summed E-state index contributed by atoms with van der Waals surface area (Å²) in [6, 6.07) is 19.0. The van der Waals surface area contributed by atoms with E-state index in [-0.39, 0.29) is 30.9 Å². The van der Waals surface area contributed by atoms with Gasteiger partial charge in [0.25, 0.3) is 5.91 Å². The Morgan fingerprint density at radius 2 is 1.70 bits per heavy atom. The maximum absolute atomic E-state index is 13.7. The number of carbonyl (C=O) groups is 2. The van der Waals surface area contributed by atoms with Crippen molar-refractivity contribution in [1.82, 2.24) is 10.2 Å². The quantitative estimate of drug-likeness (QED) is 0.245. The van der Waals surface area contributed by atoms with Crippen LogP contribution in [0.5, 0.6) is 5.75 Å². The van der Waals surface area contributed by atoms with Crippen molar-refractivity contribution in [2.45, 2.75) is 32.9 Å². The molecule has 3 rings (SSSR count). The summed E-state index contributed by atoms with van der Waals surface area (Å²) < 4.78 is 6.56. The minimum Gasteiger partial charge on any atom is -0.482 e. The van der Waals surface area contributed by atoms with Crippen molar-refractivity contribution in [2.75, 3.05) is 13.2 Å². The molecule has 0 bridgehead atoms. The number of rotatable bonds is 11. The molecule has 1 atom stereocenters. The Kier molecular flexibility index (Phi) is 11.1. The number of nitrogens with zero attached hydrogens (tertiary/aromatic N) is 1. The first kappa shape index (κ1) is 29.3. The summed E-state index contributed by atoms with van der Waals surface area (Å²) in [5, 5.41) is 4.24. The largest absolute Gasteiger partial charge is 0.482 e. The molecule has 0 spiro atoms. The fourth-order valence-corrected chi connectivity index (χ4v) is 4.82. The summed E-state index contributed by atoms with van der Waals surface area (Å²) in [6.45, 7) is 4.30. The summed E-state index contributed by atoms with van der Waals surface area (Å²) in [7, 11) is 0. The third-order valence-electron chi connectivity index (χ3n) is 5.56. The average molecular weight is 627 g/mol. The van der Waals surface area contributed by atoms with Gasteiger partial charge in [0, 0.05) is 34.0 Å². The van der Waals surface area contributed by atoms with Crippen LogP contribution in [0.2, 0.25) is 15.1 Å². The highest BCUT2D eigenvalue weighted by Crippen LogP contribution is 2.28. The highest BCUT2D eigenvalue weighted by atomic mass is 79.9. The fourth-order valence-electron chi connectivity index (χ4n) is 3.62. The first-order chi connectivity index (χ1) is 17.6. The van der Waals surface area contributed by atoms with Crippen molar-refractivity contribution < 1.29 is 14.3 Å².